The van der Waals surface area contributed by atoms with Crippen LogP contribution in [0, 0.1) is 4.91 Å². The van der Waals surface area contributed by atoms with Gasteiger partial charge in [0.05, 0.1) is 7.82 Å². The third-order valence-electron chi connectivity index (χ3n) is 0. The molecule has 13 heavy (non-hydrogen) atoms. The zero-order valence-electron chi connectivity index (χ0n) is 5.91. The Balaban J connectivity index is -0.00000000840. The smallest absolute Gasteiger partial charge is 1.00 e. The van der Waals surface area contributed by atoms with Crippen LogP contribution in [0.2, 0.25) is 0 Å². The second-order valence-corrected chi connectivity index (χ2v) is 1.49. The Bertz CT molecular complexity index is 99.8. The second-order valence-electron chi connectivity index (χ2n) is 0.550. The van der Waals surface area contributed by atoms with Gasteiger partial charge < -0.3 is 61.6 Å². The van der Waals surface area contributed by atoms with Crippen LogP contribution in [-0.2, 0) is 25.6 Å². The van der Waals surface area contributed by atoms with Gasteiger partial charge in [-0.15, -0.1) is 4.91 Å². The molecule has 0 heterocycles. The Kier molecular flexibility index (Phi) is 111. The van der Waals surface area contributed by atoms with Gasteiger partial charge >= 0.3 is 21.1 Å². The van der Waals surface area contributed by atoms with Crippen LogP contribution in [0.3, 0.4) is 0 Å². The molecule has 88 valence electrons. The maximum absolute atomic E-state index is 8.66. The predicted molar refractivity (Wildman–Crippen MR) is 27.5 cm³/mol. The van der Waals surface area contributed by atoms with Crippen molar-refractivity contribution in [3.63, 3.8) is 0 Å². The molecule has 0 saturated heterocycles. The van der Waals surface area contributed by atoms with Crippen LogP contribution in [0.4, 0.5) is 0 Å². The number of rotatable bonds is 0. The maximum atomic E-state index is 8.66. The fourth-order valence-electron chi connectivity index (χ4n) is 0. The summed E-state index contributed by atoms with van der Waals surface area (Å²) in [5.41, 5.74) is 0. The van der Waals surface area contributed by atoms with Crippen molar-refractivity contribution in [3.8, 4) is 0 Å². The fourth-order valence-corrected chi connectivity index (χ4v) is 0. The summed E-state index contributed by atoms with van der Waals surface area (Å²) < 4.78 is 8.66. The van der Waals surface area contributed by atoms with E-state index in [-0.39, 0.29) is 58.2 Å². The Morgan fingerprint density at radius 3 is 1.15 bits per heavy atom. The molecule has 0 aliphatic rings. The van der Waals surface area contributed by atoms with Crippen molar-refractivity contribution in [3.05, 3.63) is 4.91 Å². The van der Waals surface area contributed by atoms with E-state index in [0.29, 0.717) is 0 Å². The van der Waals surface area contributed by atoms with Crippen molar-refractivity contribution in [1.29, 1.82) is 0 Å². The van der Waals surface area contributed by atoms with Gasteiger partial charge in [-0.25, -0.2) is 0 Å². The number of hydrogen-bond donors (Lipinski definition) is 4. The van der Waals surface area contributed by atoms with Gasteiger partial charge in [0, 0.05) is 0 Å². The molecule has 13 heteroatoms. The van der Waals surface area contributed by atoms with E-state index < -0.39 is 7.82 Å². The maximum Gasteiger partial charge on any atom is 4.00 e. The standard InChI is InChI=1S/2ClH.HNO2.2H3N.H3O4P.Pt/c;;2-1-3;;;1-5(2,3)4;/h2*1H;(H,2,3);2*1H3;(H3,1,2,3,4);/q;;;;;;+4/p-4. The summed E-state index contributed by atoms with van der Waals surface area (Å²) in [6.45, 7) is 0. The molecule has 0 aromatic rings. The van der Waals surface area contributed by atoms with E-state index in [1.54, 1.807) is 0 Å². The molecule has 0 atom stereocenters. The molecule has 0 aliphatic heterocycles. The number of halogens is 2. The molecule has 0 bridgehead atoms. The summed E-state index contributed by atoms with van der Waals surface area (Å²) in [6, 6.07) is 0. The summed E-state index contributed by atoms with van der Waals surface area (Å²) in [4.78, 5) is 32.4. The Hall–Kier alpha value is 0.698. The van der Waals surface area contributed by atoms with Crippen LogP contribution < -0.4 is 46.9 Å². The summed E-state index contributed by atoms with van der Waals surface area (Å²) in [5.74, 6) is 0. The first kappa shape index (κ1) is 49.2. The largest absolute Gasteiger partial charge is 4.00 e. The van der Waals surface area contributed by atoms with E-state index in [9.17, 15) is 0 Å². The van der Waals surface area contributed by atoms with E-state index in [0.717, 1.165) is 0 Å². The molecule has 0 saturated carbocycles. The van der Waals surface area contributed by atoms with Crippen molar-refractivity contribution in [1.82, 2.24) is 12.3 Å². The average molecular weight is 443 g/mol. The van der Waals surface area contributed by atoms with Crippen molar-refractivity contribution in [2.75, 3.05) is 0 Å². The fraction of sp³-hybridized carbons (Fsp3) is 0. The molecule has 0 aliphatic carbocycles. The number of hydrogen-bond acceptors (Lipinski definition) is 7. The van der Waals surface area contributed by atoms with Gasteiger partial charge in [-0.1, -0.05) is 0 Å². The first-order valence-electron chi connectivity index (χ1n) is 1.13. The molecule has 0 aromatic carbocycles. The van der Waals surface area contributed by atoms with Gasteiger partial charge in [-0.05, 0) is 0 Å². The summed E-state index contributed by atoms with van der Waals surface area (Å²) in [5, 5.41) is 7.89. The molecule has 0 unspecified atom stereocenters. The van der Waals surface area contributed by atoms with Gasteiger partial charge in [0.25, 0.3) is 0 Å². The second kappa shape index (κ2) is 29.3. The minimum Gasteiger partial charge on any atom is -1.00 e. The van der Waals surface area contributed by atoms with Gasteiger partial charge in [0.1, 0.15) is 0 Å². The molecule has 8 N–H and O–H groups in total. The first-order valence-corrected chi connectivity index (χ1v) is 2.63. The van der Waals surface area contributed by atoms with Gasteiger partial charge in [0.2, 0.25) is 0 Å². The molecule has 0 fully saturated rings. The summed E-state index contributed by atoms with van der Waals surface area (Å²) in [7, 11) is -5.14. The molecular weight excluding hydrogens is 435 g/mol. The van der Waals surface area contributed by atoms with Crippen LogP contribution in [-0.4, -0.2) is 10.1 Å². The quantitative estimate of drug-likeness (QED) is 0.161. The molecule has 0 amide bonds. The van der Waals surface area contributed by atoms with E-state index >= 15 is 0 Å². The zero-order chi connectivity index (χ0) is 7.21. The van der Waals surface area contributed by atoms with Gasteiger partial charge in [0.15, 0.2) is 5.34 Å². The number of phosphoric acid groups is 1. The summed E-state index contributed by atoms with van der Waals surface area (Å²) >= 11 is 0. The Labute approximate surface area is 101 Å². The van der Waals surface area contributed by atoms with E-state index in [1.807, 2.05) is 0 Å². The van der Waals surface area contributed by atoms with E-state index in [1.165, 1.54) is 5.34 Å². The van der Waals surface area contributed by atoms with Crippen LogP contribution in [0.5, 0.6) is 0 Å². The van der Waals surface area contributed by atoms with Crippen molar-refractivity contribution in [2.45, 2.75) is 0 Å². The minimum atomic E-state index is -5.14. The Morgan fingerprint density at radius 2 is 1.15 bits per heavy atom. The predicted octanol–water partition coefficient (Wildman–Crippen LogP) is -7.72. The third-order valence-corrected chi connectivity index (χ3v) is 0. The molecule has 0 radical (unpaired) electrons. The molecule has 0 rings (SSSR count). The Morgan fingerprint density at radius 1 is 1.15 bits per heavy atom. The molecule has 9 nitrogen and oxygen atoms in total. The average Bonchev–Trinajstić information content (AvgIpc) is 1.27. The van der Waals surface area contributed by atoms with Crippen molar-refractivity contribution in [2.24, 2.45) is 5.34 Å². The van der Waals surface area contributed by atoms with Gasteiger partial charge in [-0.3, -0.25) is 0 Å². The van der Waals surface area contributed by atoms with Crippen LogP contribution in [0.15, 0.2) is 5.34 Å². The molecular formula is H8Cl2N3O6PPt. The monoisotopic (exact) mass is 442 g/mol. The van der Waals surface area contributed by atoms with Gasteiger partial charge in [-0.2, -0.15) is 0 Å². The van der Waals surface area contributed by atoms with E-state index in [2.05, 4.69) is 0 Å². The van der Waals surface area contributed by atoms with Crippen LogP contribution >= 0.6 is 7.82 Å². The topological polar surface area (TPSA) is 203 Å². The first-order chi connectivity index (χ1) is 3.41. The molecule has 0 aromatic heterocycles. The minimum absolute atomic E-state index is 0. The summed E-state index contributed by atoms with van der Waals surface area (Å²) in [6.07, 6.45) is 0. The van der Waals surface area contributed by atoms with E-state index in [4.69, 9.17) is 29.4 Å². The van der Waals surface area contributed by atoms with Crippen molar-refractivity contribution >= 4 is 7.82 Å². The zero-order valence-corrected chi connectivity index (χ0v) is 10.6. The number of nitrogens with zero attached hydrogens (tertiary/aromatic N) is 1. The molecule has 0 spiro atoms. The van der Waals surface area contributed by atoms with Crippen LogP contribution in [0.1, 0.15) is 0 Å². The third kappa shape index (κ3) is 2980. The normalized spacial score (nSPS) is 5.46. The van der Waals surface area contributed by atoms with Crippen LogP contribution in [0.25, 0.3) is 0 Å². The van der Waals surface area contributed by atoms with Crippen molar-refractivity contribution < 1.29 is 70.3 Å². The SMILES string of the molecule is N.N.O=NO.O=P([O-])([O-])O.[Cl-].[Cl-].[Pt+4].